The number of carbonyl (C=O) groups is 7. The van der Waals surface area contributed by atoms with Gasteiger partial charge in [-0.1, -0.05) is 12.1 Å². The predicted octanol–water partition coefficient (Wildman–Crippen LogP) is -1.55. The SMILES string of the molecule is CC(=O)N[C@H]1CC(=O)NCCCC[C@@H](C(=O)N[C@@H](CCCN=C(N)N)C(=O)c2nc3ccccc3s2)NC(=O)[C@H](CCC(N)=O)NC1=O. The molecule has 1 aromatic heterocycles. The molecule has 11 N–H and O–H groups in total. The van der Waals surface area contributed by atoms with E-state index in [0.717, 1.165) is 4.70 Å². The summed E-state index contributed by atoms with van der Waals surface area (Å²) in [5.74, 6) is -4.68. The van der Waals surface area contributed by atoms with Crippen LogP contribution in [0.25, 0.3) is 10.2 Å². The molecule has 48 heavy (non-hydrogen) atoms. The van der Waals surface area contributed by atoms with Crippen molar-refractivity contribution in [1.82, 2.24) is 31.6 Å². The number of hydrogen-bond acceptors (Lipinski definition) is 10. The molecule has 0 spiro atoms. The quantitative estimate of drug-likeness (QED) is 0.0550. The van der Waals surface area contributed by atoms with Crippen molar-refractivity contribution in [2.45, 2.75) is 82.5 Å². The maximum atomic E-state index is 13.8. The molecule has 260 valence electrons. The molecule has 1 aliphatic rings. The molecule has 0 aliphatic carbocycles. The lowest BCUT2D eigenvalue weighted by Gasteiger charge is -2.26. The van der Waals surface area contributed by atoms with Crippen LogP contribution in [-0.4, -0.2) is 89.4 Å². The fraction of sp³-hybridized carbons (Fsp3) is 0.500. The minimum absolute atomic E-state index is 0.118. The Morgan fingerprint density at radius 2 is 1.81 bits per heavy atom. The number of fused-ring (bicyclic) bond motifs is 1. The number of hydrogen-bond donors (Lipinski definition) is 8. The smallest absolute Gasteiger partial charge is 0.243 e. The second-order valence-corrected chi connectivity index (χ2v) is 12.3. The number of carbonyl (C=O) groups excluding carboxylic acids is 7. The lowest BCUT2D eigenvalue weighted by atomic mass is 10.0. The number of guanidine groups is 1. The van der Waals surface area contributed by atoms with E-state index in [1.165, 1.54) is 18.3 Å². The highest BCUT2D eigenvalue weighted by molar-refractivity contribution is 7.20. The summed E-state index contributed by atoms with van der Waals surface area (Å²) in [5.41, 5.74) is 16.8. The van der Waals surface area contributed by atoms with Crippen molar-refractivity contribution in [1.29, 1.82) is 0 Å². The largest absolute Gasteiger partial charge is 0.370 e. The highest BCUT2D eigenvalue weighted by Crippen LogP contribution is 2.23. The molecular formula is C30H42N10O7S. The molecule has 6 amide bonds. The standard InChI is InChI=1S/C30H42N10O7S/c1-16(41)36-21-15-24(43)34-13-5-4-8-19(38-27(46)20(39-28(21)47)11-12-23(31)42)26(45)37-18(9-6-14-35-30(32)33)25(44)29-40-17-7-2-3-10-22(17)48-29/h2-3,7,10,18-21H,4-6,8-9,11-15H2,1H3,(H2,31,42)(H,34,43)(H,36,41)(H,37,45)(H,38,46)(H,39,47)(H4,32,33,35)/t18-,19-,20-,21-/m0/s1. The maximum Gasteiger partial charge on any atom is 0.243 e. The molecule has 1 fully saturated rings. The van der Waals surface area contributed by atoms with Crippen LogP contribution in [0.2, 0.25) is 0 Å². The van der Waals surface area contributed by atoms with Gasteiger partial charge in [-0.2, -0.15) is 0 Å². The number of Topliss-reactive ketones (excluding diaryl/α,β-unsaturated/α-hetero) is 1. The number of nitrogens with two attached hydrogens (primary N) is 3. The summed E-state index contributed by atoms with van der Waals surface area (Å²) in [7, 11) is 0. The first-order valence-corrected chi connectivity index (χ1v) is 16.3. The fourth-order valence-corrected chi connectivity index (χ4v) is 5.91. The van der Waals surface area contributed by atoms with Crippen LogP contribution in [-0.2, 0) is 28.8 Å². The minimum Gasteiger partial charge on any atom is -0.370 e. The van der Waals surface area contributed by atoms with Crippen LogP contribution in [0.1, 0.15) is 68.1 Å². The molecular weight excluding hydrogens is 644 g/mol. The van der Waals surface area contributed by atoms with E-state index in [2.05, 4.69) is 36.6 Å². The van der Waals surface area contributed by atoms with E-state index in [0.29, 0.717) is 24.8 Å². The molecule has 3 rings (SSSR count). The van der Waals surface area contributed by atoms with Gasteiger partial charge < -0.3 is 43.8 Å². The number of thiazole rings is 1. The van der Waals surface area contributed by atoms with Crippen molar-refractivity contribution in [2.24, 2.45) is 22.2 Å². The Hall–Kier alpha value is -5.13. The van der Waals surface area contributed by atoms with Crippen molar-refractivity contribution >= 4 is 68.7 Å². The molecule has 1 aromatic carbocycles. The third-order valence-electron chi connectivity index (χ3n) is 7.35. The first-order chi connectivity index (χ1) is 22.8. The number of nitrogens with one attached hydrogen (secondary N) is 5. The average Bonchev–Trinajstić information content (AvgIpc) is 3.46. The van der Waals surface area contributed by atoms with E-state index >= 15 is 0 Å². The van der Waals surface area contributed by atoms with Gasteiger partial charge in [-0.15, -0.1) is 11.3 Å². The summed E-state index contributed by atoms with van der Waals surface area (Å²) in [6.07, 6.45) is 0.535. The van der Waals surface area contributed by atoms with Gasteiger partial charge >= 0.3 is 0 Å². The van der Waals surface area contributed by atoms with Crippen LogP contribution in [0.15, 0.2) is 29.3 Å². The van der Waals surface area contributed by atoms with Crippen LogP contribution < -0.4 is 43.8 Å². The van der Waals surface area contributed by atoms with E-state index in [1.807, 2.05) is 12.1 Å². The van der Waals surface area contributed by atoms with Gasteiger partial charge in [0.1, 0.15) is 18.1 Å². The second-order valence-electron chi connectivity index (χ2n) is 11.3. The van der Waals surface area contributed by atoms with Gasteiger partial charge in [0.05, 0.1) is 22.7 Å². The zero-order valence-corrected chi connectivity index (χ0v) is 27.4. The fourth-order valence-electron chi connectivity index (χ4n) is 4.95. The van der Waals surface area contributed by atoms with Crippen molar-refractivity contribution in [3.05, 3.63) is 29.3 Å². The van der Waals surface area contributed by atoms with E-state index in [4.69, 9.17) is 17.2 Å². The van der Waals surface area contributed by atoms with E-state index in [-0.39, 0.29) is 56.2 Å². The average molecular weight is 687 g/mol. The van der Waals surface area contributed by atoms with Crippen molar-refractivity contribution in [3.63, 3.8) is 0 Å². The van der Waals surface area contributed by atoms with Crippen LogP contribution in [0.3, 0.4) is 0 Å². The maximum absolute atomic E-state index is 13.8. The Labute approximate surface area is 280 Å². The van der Waals surface area contributed by atoms with Crippen LogP contribution in [0.5, 0.6) is 0 Å². The minimum atomic E-state index is -1.35. The summed E-state index contributed by atoms with van der Waals surface area (Å²) < 4.78 is 0.793. The van der Waals surface area contributed by atoms with Crippen molar-refractivity contribution < 1.29 is 33.6 Å². The molecule has 0 unspecified atom stereocenters. The molecule has 18 heteroatoms. The second kappa shape index (κ2) is 18.3. The van der Waals surface area contributed by atoms with Gasteiger partial charge in [-0.05, 0) is 50.7 Å². The number of primary amides is 1. The Bertz CT molecular complexity index is 1510. The molecule has 0 saturated carbocycles. The Kier molecular flexibility index (Phi) is 14.2. The molecule has 2 heterocycles. The van der Waals surface area contributed by atoms with Crippen LogP contribution >= 0.6 is 11.3 Å². The first kappa shape index (κ1) is 37.3. The monoisotopic (exact) mass is 686 g/mol. The van der Waals surface area contributed by atoms with E-state index < -0.39 is 65.4 Å². The summed E-state index contributed by atoms with van der Waals surface area (Å²) in [6.45, 7) is 1.58. The molecule has 0 bridgehead atoms. The number of amides is 6. The Morgan fingerprint density at radius 3 is 2.50 bits per heavy atom. The zero-order chi connectivity index (χ0) is 35.2. The van der Waals surface area contributed by atoms with Gasteiger partial charge in [0.15, 0.2) is 11.0 Å². The van der Waals surface area contributed by atoms with Crippen molar-refractivity contribution in [3.8, 4) is 0 Å². The number of ketones is 1. The third-order valence-corrected chi connectivity index (χ3v) is 8.40. The van der Waals surface area contributed by atoms with Crippen LogP contribution in [0, 0.1) is 0 Å². The Morgan fingerprint density at radius 1 is 1.06 bits per heavy atom. The lowest BCUT2D eigenvalue weighted by molar-refractivity contribution is -0.135. The summed E-state index contributed by atoms with van der Waals surface area (Å²) in [5, 5.41) is 13.1. The number of para-hydroxylation sites is 1. The summed E-state index contributed by atoms with van der Waals surface area (Å²) in [4.78, 5) is 98.3. The summed E-state index contributed by atoms with van der Waals surface area (Å²) >= 11 is 1.18. The number of nitrogens with zero attached hydrogens (tertiary/aromatic N) is 2. The van der Waals surface area contributed by atoms with E-state index in [9.17, 15) is 33.6 Å². The molecule has 0 radical (unpaired) electrons. The topological polar surface area (TPSA) is 283 Å². The molecule has 4 atom stereocenters. The van der Waals surface area contributed by atoms with Gasteiger partial charge in [0, 0.05) is 26.4 Å². The zero-order valence-electron chi connectivity index (χ0n) is 26.6. The predicted molar refractivity (Wildman–Crippen MR) is 177 cm³/mol. The summed E-state index contributed by atoms with van der Waals surface area (Å²) in [6, 6.07) is 2.36. The highest BCUT2D eigenvalue weighted by Gasteiger charge is 2.33. The first-order valence-electron chi connectivity index (χ1n) is 15.5. The number of aliphatic imine (C=N–C) groups is 1. The van der Waals surface area contributed by atoms with Gasteiger partial charge in [-0.25, -0.2) is 4.98 Å². The number of aromatic nitrogens is 1. The molecule has 2 aromatic rings. The van der Waals surface area contributed by atoms with Crippen molar-refractivity contribution in [2.75, 3.05) is 13.1 Å². The Balaban J connectivity index is 1.87. The molecule has 1 saturated heterocycles. The van der Waals surface area contributed by atoms with E-state index in [1.54, 1.807) is 12.1 Å². The van der Waals surface area contributed by atoms with Gasteiger partial charge in [0.25, 0.3) is 0 Å². The molecule has 17 nitrogen and oxygen atoms in total. The molecule has 1 aliphatic heterocycles. The normalized spacial score (nSPS) is 19.9. The highest BCUT2D eigenvalue weighted by atomic mass is 32.1. The van der Waals surface area contributed by atoms with Crippen LogP contribution in [0.4, 0.5) is 0 Å². The number of benzene rings is 1. The van der Waals surface area contributed by atoms with Gasteiger partial charge in [-0.3, -0.25) is 38.6 Å². The third kappa shape index (κ3) is 11.9. The van der Waals surface area contributed by atoms with Gasteiger partial charge in [0.2, 0.25) is 41.2 Å². The lowest BCUT2D eigenvalue weighted by Crippen LogP contribution is -2.58. The number of rotatable bonds is 12.